The Hall–Kier alpha value is -4.74. The molecule has 5 heteroatoms. The van der Waals surface area contributed by atoms with Gasteiger partial charge in [-0.3, -0.25) is 0 Å². The number of hydrogen-bond acceptors (Lipinski definition) is 5. The Kier molecular flexibility index (Phi) is 11.9. The van der Waals surface area contributed by atoms with Gasteiger partial charge in [0.2, 0.25) is 0 Å². The van der Waals surface area contributed by atoms with Crippen molar-refractivity contribution in [2.24, 2.45) is 5.41 Å². The molecule has 0 amide bonds. The summed E-state index contributed by atoms with van der Waals surface area (Å²) in [6.07, 6.45) is 8.77. The van der Waals surface area contributed by atoms with Crippen LogP contribution in [-0.2, 0) is 0 Å². The zero-order valence-electron chi connectivity index (χ0n) is 29.9. The predicted octanol–water partition coefficient (Wildman–Crippen LogP) is 10.6. The Morgan fingerprint density at radius 3 is 0.940 bits per heavy atom. The normalized spacial score (nSPS) is 16.0. The van der Waals surface area contributed by atoms with E-state index in [4.69, 9.17) is 0 Å². The Morgan fingerprint density at radius 2 is 0.700 bits per heavy atom. The minimum absolute atomic E-state index is 0.0824. The molecule has 0 atom stereocenters. The third-order valence-electron chi connectivity index (χ3n) is 10.2. The highest BCUT2D eigenvalue weighted by molar-refractivity contribution is 5.49. The van der Waals surface area contributed by atoms with Gasteiger partial charge >= 0.3 is 0 Å². The van der Waals surface area contributed by atoms with Gasteiger partial charge in [-0.2, -0.15) is 0 Å². The van der Waals surface area contributed by atoms with Crippen molar-refractivity contribution in [2.75, 3.05) is 6.54 Å². The van der Waals surface area contributed by atoms with Crippen molar-refractivity contribution in [1.82, 2.24) is 5.32 Å². The van der Waals surface area contributed by atoms with Gasteiger partial charge in [0.25, 0.3) is 0 Å². The van der Waals surface area contributed by atoms with Crippen molar-refractivity contribution in [1.29, 1.82) is 0 Å². The summed E-state index contributed by atoms with van der Waals surface area (Å²) in [7, 11) is 0. The van der Waals surface area contributed by atoms with Gasteiger partial charge < -0.3 is 25.7 Å². The summed E-state index contributed by atoms with van der Waals surface area (Å²) in [6.45, 7) is 9.96. The molecule has 5 N–H and O–H groups in total. The summed E-state index contributed by atoms with van der Waals surface area (Å²) in [4.78, 5) is 0. The summed E-state index contributed by atoms with van der Waals surface area (Å²) >= 11 is 0. The van der Waals surface area contributed by atoms with Crippen molar-refractivity contribution >= 4 is 0 Å². The minimum atomic E-state index is -0.0824. The van der Waals surface area contributed by atoms with Crippen LogP contribution in [0.5, 0.6) is 23.0 Å². The van der Waals surface area contributed by atoms with E-state index in [1.165, 1.54) is 45.1 Å². The predicted molar refractivity (Wildman–Crippen MR) is 204 cm³/mol. The molecule has 5 aromatic carbocycles. The second kappa shape index (κ2) is 16.3. The van der Waals surface area contributed by atoms with Crippen molar-refractivity contribution in [3.05, 3.63) is 155 Å². The van der Waals surface area contributed by atoms with E-state index in [1.54, 1.807) is 48.5 Å². The van der Waals surface area contributed by atoms with Gasteiger partial charge in [-0.15, -0.1) is 0 Å². The van der Waals surface area contributed by atoms with Gasteiger partial charge in [-0.1, -0.05) is 106 Å². The van der Waals surface area contributed by atoms with Gasteiger partial charge in [-0.25, -0.2) is 0 Å². The maximum absolute atomic E-state index is 9.80. The highest BCUT2D eigenvalue weighted by Crippen LogP contribution is 2.45. The van der Waals surface area contributed by atoms with E-state index in [0.29, 0.717) is 11.0 Å². The standard InChI is InChI=1S/C32H26O4.C11H21N.C2H6/c33-27-13-5-23(6-14-27)31(24-7-15-28(34)16-8-24)21-1-2-22(4-3-21)32(25-9-17-29(35)18-10-25)26-11-19-30(36)20-12-26;1-10(2)8-11(9-12-10)6-4-3-5-7-11;1-2/h1-20,31-36H;12H,3-9H2,1-2H3;1-2H3. The first-order valence-corrected chi connectivity index (χ1v) is 18.1. The van der Waals surface area contributed by atoms with E-state index in [2.05, 4.69) is 43.4 Å². The molecule has 1 heterocycles. The molecule has 0 unspecified atom stereocenters. The number of phenols is 4. The molecule has 5 aromatic rings. The van der Waals surface area contributed by atoms with Crippen molar-refractivity contribution in [2.45, 2.75) is 83.6 Å². The smallest absolute Gasteiger partial charge is 0.115 e. The lowest BCUT2D eigenvalue weighted by atomic mass is 9.71. The number of hydrogen-bond donors (Lipinski definition) is 5. The summed E-state index contributed by atoms with van der Waals surface area (Å²) in [6, 6.07) is 37.2. The number of aromatic hydroxyl groups is 4. The van der Waals surface area contributed by atoms with Crippen LogP contribution in [0.4, 0.5) is 0 Å². The molecule has 0 aromatic heterocycles. The molecule has 262 valence electrons. The molecule has 0 radical (unpaired) electrons. The highest BCUT2D eigenvalue weighted by Gasteiger charge is 2.42. The van der Waals surface area contributed by atoms with Gasteiger partial charge in [-0.05, 0) is 120 Å². The van der Waals surface area contributed by atoms with Gasteiger partial charge in [0.15, 0.2) is 0 Å². The molecule has 1 saturated heterocycles. The fourth-order valence-corrected chi connectivity index (χ4v) is 7.85. The SMILES string of the molecule is CC.CC1(C)CC2(CCCCC2)CN1.Oc1ccc(C(c2ccc(O)cc2)c2ccc(C(c3ccc(O)cc3)c3ccc(O)cc3)cc2)cc1. The second-order valence-electron chi connectivity index (χ2n) is 14.4. The molecular formula is C45H53NO4. The zero-order chi connectivity index (χ0) is 35.7. The van der Waals surface area contributed by atoms with Crippen molar-refractivity contribution < 1.29 is 20.4 Å². The Labute approximate surface area is 298 Å². The van der Waals surface area contributed by atoms with Gasteiger partial charge in [0.05, 0.1) is 0 Å². The van der Waals surface area contributed by atoms with E-state index >= 15 is 0 Å². The summed E-state index contributed by atoms with van der Waals surface area (Å²) in [5.74, 6) is 0.684. The quantitative estimate of drug-likeness (QED) is 0.116. The molecule has 1 aliphatic carbocycles. The van der Waals surface area contributed by atoms with E-state index in [-0.39, 0.29) is 34.8 Å². The molecule has 2 fully saturated rings. The second-order valence-corrected chi connectivity index (χ2v) is 14.4. The van der Waals surface area contributed by atoms with E-state index in [9.17, 15) is 20.4 Å². The van der Waals surface area contributed by atoms with Gasteiger partial charge in [0, 0.05) is 23.9 Å². The van der Waals surface area contributed by atoms with Crippen LogP contribution in [0.15, 0.2) is 121 Å². The summed E-state index contributed by atoms with van der Waals surface area (Å²) in [5.41, 5.74) is 7.37. The Balaban J connectivity index is 0.000000290. The average molecular weight is 672 g/mol. The van der Waals surface area contributed by atoms with Crippen LogP contribution in [-0.4, -0.2) is 32.5 Å². The highest BCUT2D eigenvalue weighted by atomic mass is 16.3. The monoisotopic (exact) mass is 671 g/mol. The van der Waals surface area contributed by atoms with Crippen molar-refractivity contribution in [3.63, 3.8) is 0 Å². The van der Waals surface area contributed by atoms with Crippen LogP contribution in [0.3, 0.4) is 0 Å². The molecule has 2 aliphatic rings. The van der Waals surface area contributed by atoms with Crippen LogP contribution >= 0.6 is 0 Å². The fraction of sp³-hybridized carbons (Fsp3) is 0.333. The summed E-state index contributed by atoms with van der Waals surface area (Å²) < 4.78 is 0. The number of rotatable bonds is 6. The molecule has 1 spiro atoms. The number of phenolic OH excluding ortho intramolecular Hbond substituents is 4. The maximum atomic E-state index is 9.80. The lowest BCUT2D eigenvalue weighted by molar-refractivity contribution is 0.204. The molecule has 7 rings (SSSR count). The molecule has 0 bridgehead atoms. The minimum Gasteiger partial charge on any atom is -0.508 e. The number of benzene rings is 5. The lowest BCUT2D eigenvalue weighted by Gasteiger charge is -2.33. The Morgan fingerprint density at radius 1 is 0.440 bits per heavy atom. The first kappa shape index (κ1) is 36.5. The van der Waals surface area contributed by atoms with E-state index in [1.807, 2.05) is 62.4 Å². The number of nitrogens with one attached hydrogen (secondary N) is 1. The lowest BCUT2D eigenvalue weighted by Crippen LogP contribution is -2.31. The largest absolute Gasteiger partial charge is 0.508 e. The first-order chi connectivity index (χ1) is 24.1. The average Bonchev–Trinajstić information content (AvgIpc) is 3.43. The van der Waals surface area contributed by atoms with Crippen LogP contribution in [0.2, 0.25) is 0 Å². The molecule has 1 saturated carbocycles. The van der Waals surface area contributed by atoms with Gasteiger partial charge in [0.1, 0.15) is 23.0 Å². The molecule has 1 aliphatic heterocycles. The van der Waals surface area contributed by atoms with Crippen LogP contribution in [0, 0.1) is 5.41 Å². The third-order valence-corrected chi connectivity index (χ3v) is 10.2. The van der Waals surface area contributed by atoms with E-state index in [0.717, 1.165) is 33.4 Å². The first-order valence-electron chi connectivity index (χ1n) is 18.1. The van der Waals surface area contributed by atoms with Crippen LogP contribution in [0.25, 0.3) is 0 Å². The Bertz CT molecular complexity index is 1550. The zero-order valence-corrected chi connectivity index (χ0v) is 29.9. The maximum Gasteiger partial charge on any atom is 0.115 e. The summed E-state index contributed by atoms with van der Waals surface area (Å²) in [5, 5.41) is 42.9. The van der Waals surface area contributed by atoms with Crippen LogP contribution in [0.1, 0.15) is 111 Å². The molecular weight excluding hydrogens is 618 g/mol. The van der Waals surface area contributed by atoms with Crippen molar-refractivity contribution in [3.8, 4) is 23.0 Å². The molecule has 50 heavy (non-hydrogen) atoms. The molecule has 5 nitrogen and oxygen atoms in total. The van der Waals surface area contributed by atoms with Crippen LogP contribution < -0.4 is 5.32 Å². The van der Waals surface area contributed by atoms with E-state index < -0.39 is 0 Å². The third kappa shape index (κ3) is 9.08. The fourth-order valence-electron chi connectivity index (χ4n) is 7.85. The topological polar surface area (TPSA) is 93.0 Å².